The Morgan fingerprint density at radius 2 is 1.84 bits per heavy atom. The number of carboxylic acids is 1. The van der Waals surface area contributed by atoms with Gasteiger partial charge in [-0.05, 0) is 41.5 Å². The van der Waals surface area contributed by atoms with Gasteiger partial charge < -0.3 is 19.2 Å². The van der Waals surface area contributed by atoms with Gasteiger partial charge in [-0.2, -0.15) is 0 Å². The first-order chi connectivity index (χ1) is 15.6. The highest BCUT2D eigenvalue weighted by Crippen LogP contribution is 2.27. The fourth-order valence-corrected chi connectivity index (χ4v) is 3.83. The molecule has 0 aliphatic heterocycles. The predicted molar refractivity (Wildman–Crippen MR) is 127 cm³/mol. The second kappa shape index (κ2) is 10.2. The first-order valence-corrected chi connectivity index (χ1v) is 10.8. The van der Waals surface area contributed by atoms with E-state index < -0.39 is 12.6 Å². The predicted octanol–water partition coefficient (Wildman–Crippen LogP) is 5.47. The number of halogens is 1. The summed E-state index contributed by atoms with van der Waals surface area (Å²) in [7, 11) is 0. The number of nitrogens with zero attached hydrogens (tertiary/aromatic N) is 2. The van der Waals surface area contributed by atoms with Crippen molar-refractivity contribution in [2.75, 3.05) is 6.61 Å². The van der Waals surface area contributed by atoms with Gasteiger partial charge in [0.1, 0.15) is 12.4 Å². The van der Waals surface area contributed by atoms with E-state index in [1.54, 1.807) is 0 Å². The second-order valence-electron chi connectivity index (χ2n) is 7.20. The molecule has 0 fully saturated rings. The molecular weight excluding hydrogens is 472 g/mol. The topological polar surface area (TPSA) is 73.0 Å². The normalized spacial score (nSPS) is 11.2. The van der Waals surface area contributed by atoms with Crippen molar-refractivity contribution in [3.05, 3.63) is 100 Å². The number of carbonyl (C=O) groups is 1. The maximum atomic E-state index is 10.7. The van der Waals surface area contributed by atoms with Crippen LogP contribution in [0.4, 0.5) is 0 Å². The van der Waals surface area contributed by atoms with E-state index in [1.165, 1.54) is 11.8 Å². The van der Waals surface area contributed by atoms with Gasteiger partial charge in [-0.25, -0.2) is 4.79 Å². The molecule has 0 amide bonds. The van der Waals surface area contributed by atoms with Crippen molar-refractivity contribution in [2.24, 2.45) is 5.16 Å². The zero-order valence-electron chi connectivity index (χ0n) is 17.1. The van der Waals surface area contributed by atoms with Crippen molar-refractivity contribution in [1.29, 1.82) is 0 Å². The molecule has 4 rings (SSSR count). The van der Waals surface area contributed by atoms with Crippen LogP contribution >= 0.6 is 15.9 Å². The van der Waals surface area contributed by atoms with Crippen molar-refractivity contribution in [2.45, 2.75) is 13.2 Å². The molecule has 0 radical (unpaired) electrons. The van der Waals surface area contributed by atoms with E-state index in [9.17, 15) is 4.79 Å². The zero-order valence-corrected chi connectivity index (χ0v) is 18.7. The van der Waals surface area contributed by atoms with Crippen molar-refractivity contribution < 1.29 is 19.5 Å². The molecular formula is C25H21BrN2O4. The average Bonchev–Trinajstić information content (AvgIpc) is 3.12. The summed E-state index contributed by atoms with van der Waals surface area (Å²) < 4.78 is 9.14. The first-order valence-electron chi connectivity index (χ1n) is 10.00. The van der Waals surface area contributed by atoms with Gasteiger partial charge in [0.15, 0.2) is 0 Å². The Morgan fingerprint density at radius 1 is 1.03 bits per heavy atom. The van der Waals surface area contributed by atoms with Gasteiger partial charge in [0, 0.05) is 33.7 Å². The SMILES string of the molecule is O=C(O)CON=Cc1cn(Cc2ccccc2)c2ccc(OCc3cccc(Br)c3)cc12. The Hall–Kier alpha value is -3.58. The number of hydrogen-bond donors (Lipinski definition) is 1. The van der Waals surface area contributed by atoms with E-state index in [2.05, 4.69) is 37.8 Å². The van der Waals surface area contributed by atoms with Gasteiger partial charge >= 0.3 is 5.97 Å². The summed E-state index contributed by atoms with van der Waals surface area (Å²) in [4.78, 5) is 15.5. The number of ether oxygens (including phenoxy) is 1. The summed E-state index contributed by atoms with van der Waals surface area (Å²) in [5.74, 6) is -0.340. The molecule has 32 heavy (non-hydrogen) atoms. The van der Waals surface area contributed by atoms with E-state index in [0.29, 0.717) is 13.2 Å². The molecule has 1 heterocycles. The Bertz CT molecular complexity index is 1250. The van der Waals surface area contributed by atoms with Crippen LogP contribution in [0.25, 0.3) is 10.9 Å². The van der Waals surface area contributed by atoms with Crippen LogP contribution in [-0.2, 0) is 22.8 Å². The molecule has 162 valence electrons. The maximum Gasteiger partial charge on any atom is 0.344 e. The van der Waals surface area contributed by atoms with Gasteiger partial charge in [0.05, 0.1) is 6.21 Å². The lowest BCUT2D eigenvalue weighted by molar-refractivity contribution is -0.142. The first kappa shape index (κ1) is 21.6. The number of benzene rings is 3. The Labute approximate surface area is 193 Å². The molecule has 0 bridgehead atoms. The monoisotopic (exact) mass is 492 g/mol. The van der Waals surface area contributed by atoms with Crippen LogP contribution in [0.15, 0.2) is 88.6 Å². The fourth-order valence-electron chi connectivity index (χ4n) is 3.39. The summed E-state index contributed by atoms with van der Waals surface area (Å²) in [6.45, 7) is 0.653. The Balaban J connectivity index is 1.61. The molecule has 1 aromatic heterocycles. The van der Waals surface area contributed by atoms with E-state index in [-0.39, 0.29) is 0 Å². The fraction of sp³-hybridized carbons (Fsp3) is 0.120. The summed E-state index contributed by atoms with van der Waals surface area (Å²) in [5.41, 5.74) is 4.06. The van der Waals surface area contributed by atoms with Crippen LogP contribution in [0, 0.1) is 0 Å². The summed E-state index contributed by atoms with van der Waals surface area (Å²) in [6.07, 6.45) is 3.51. The maximum absolute atomic E-state index is 10.7. The molecule has 0 aliphatic rings. The van der Waals surface area contributed by atoms with Crippen LogP contribution in [0.5, 0.6) is 5.75 Å². The van der Waals surface area contributed by atoms with Gasteiger partial charge in [0.25, 0.3) is 0 Å². The Kier molecular flexibility index (Phi) is 6.87. The summed E-state index contributed by atoms with van der Waals surface area (Å²) >= 11 is 3.48. The van der Waals surface area contributed by atoms with Crippen molar-refractivity contribution in [3.63, 3.8) is 0 Å². The standard InChI is InChI=1S/C25H21BrN2O4/c26-21-8-4-7-19(11-21)16-31-22-9-10-24-23(12-22)20(13-27-32-17-25(29)30)15-28(24)14-18-5-2-1-3-6-18/h1-13,15H,14,16-17H2,(H,29,30). The van der Waals surface area contributed by atoms with Gasteiger partial charge in [0.2, 0.25) is 6.61 Å². The largest absolute Gasteiger partial charge is 0.489 e. The molecule has 0 spiro atoms. The lowest BCUT2D eigenvalue weighted by Crippen LogP contribution is -2.03. The molecule has 0 aliphatic carbocycles. The number of hydrogen-bond acceptors (Lipinski definition) is 4. The van der Waals surface area contributed by atoms with Gasteiger partial charge in [-0.1, -0.05) is 63.6 Å². The zero-order chi connectivity index (χ0) is 22.3. The van der Waals surface area contributed by atoms with Crippen molar-refractivity contribution >= 4 is 39.0 Å². The van der Waals surface area contributed by atoms with Crippen LogP contribution in [0.1, 0.15) is 16.7 Å². The van der Waals surface area contributed by atoms with Crippen LogP contribution < -0.4 is 4.74 Å². The van der Waals surface area contributed by atoms with Gasteiger partial charge in [-0.15, -0.1) is 0 Å². The third kappa shape index (κ3) is 5.56. The van der Waals surface area contributed by atoms with E-state index in [1.807, 2.05) is 66.9 Å². The lowest BCUT2D eigenvalue weighted by atomic mass is 10.2. The molecule has 0 saturated carbocycles. The number of fused-ring (bicyclic) bond motifs is 1. The van der Waals surface area contributed by atoms with Crippen molar-refractivity contribution in [3.8, 4) is 5.75 Å². The molecule has 6 nitrogen and oxygen atoms in total. The number of carboxylic acid groups (broad SMARTS) is 1. The summed E-state index contributed by atoms with van der Waals surface area (Å²) in [5, 5.41) is 13.5. The van der Waals surface area contributed by atoms with Crippen molar-refractivity contribution in [1.82, 2.24) is 4.57 Å². The van der Waals surface area contributed by atoms with E-state index >= 15 is 0 Å². The molecule has 3 aromatic carbocycles. The highest BCUT2D eigenvalue weighted by molar-refractivity contribution is 9.10. The molecule has 0 unspecified atom stereocenters. The third-order valence-corrected chi connectivity index (χ3v) is 5.32. The highest BCUT2D eigenvalue weighted by Gasteiger charge is 2.10. The molecule has 0 atom stereocenters. The second-order valence-corrected chi connectivity index (χ2v) is 8.11. The molecule has 1 N–H and O–H groups in total. The third-order valence-electron chi connectivity index (χ3n) is 4.83. The Morgan fingerprint density at radius 3 is 2.62 bits per heavy atom. The molecule has 0 saturated heterocycles. The smallest absolute Gasteiger partial charge is 0.344 e. The minimum absolute atomic E-state index is 0.445. The molecule has 7 heteroatoms. The number of rotatable bonds is 9. The minimum Gasteiger partial charge on any atom is -0.489 e. The van der Waals surface area contributed by atoms with Crippen LogP contribution in [-0.4, -0.2) is 28.5 Å². The van der Waals surface area contributed by atoms with Crippen LogP contribution in [0.3, 0.4) is 0 Å². The van der Waals surface area contributed by atoms with E-state index in [0.717, 1.165) is 32.3 Å². The van der Waals surface area contributed by atoms with Gasteiger partial charge in [-0.3, -0.25) is 0 Å². The van der Waals surface area contributed by atoms with Crippen LogP contribution in [0.2, 0.25) is 0 Å². The number of oxime groups is 1. The summed E-state index contributed by atoms with van der Waals surface area (Å²) in [6, 6.07) is 24.1. The number of aliphatic carboxylic acids is 1. The quantitative estimate of drug-likeness (QED) is 0.248. The number of aromatic nitrogens is 1. The minimum atomic E-state index is -1.07. The molecule has 4 aromatic rings. The average molecular weight is 493 g/mol. The van der Waals surface area contributed by atoms with E-state index in [4.69, 9.17) is 14.7 Å². The highest BCUT2D eigenvalue weighted by atomic mass is 79.9. The lowest BCUT2D eigenvalue weighted by Gasteiger charge is -2.09.